The van der Waals surface area contributed by atoms with Crippen LogP contribution >= 0.6 is 0 Å². The Hall–Kier alpha value is -3.94. The first-order valence-corrected chi connectivity index (χ1v) is 15.4. The van der Waals surface area contributed by atoms with E-state index in [0.717, 1.165) is 80.9 Å². The number of benzene rings is 2. The Morgan fingerprint density at radius 1 is 0.667 bits per heavy atom. The van der Waals surface area contributed by atoms with Crippen molar-refractivity contribution in [2.24, 2.45) is 11.8 Å². The number of carbonyl (C=O) groups is 2. The van der Waals surface area contributed by atoms with Crippen LogP contribution in [0.4, 0.5) is 0 Å². The Kier molecular flexibility index (Phi) is 7.53. The van der Waals surface area contributed by atoms with E-state index in [2.05, 4.69) is 30.4 Å². The lowest BCUT2D eigenvalue weighted by molar-refractivity contribution is -0.136. The minimum atomic E-state index is -0.367. The van der Waals surface area contributed by atoms with Gasteiger partial charge in [-0.3, -0.25) is 9.59 Å². The van der Waals surface area contributed by atoms with E-state index in [-0.39, 0.29) is 49.1 Å². The van der Waals surface area contributed by atoms with Crippen LogP contribution in [0.3, 0.4) is 0 Å². The van der Waals surface area contributed by atoms with Crippen molar-refractivity contribution in [1.29, 1.82) is 0 Å². The van der Waals surface area contributed by atoms with E-state index in [9.17, 15) is 9.59 Å². The number of piperidine rings is 2. The number of allylic oxidation sites excluding steroid dienone is 2. The summed E-state index contributed by atoms with van der Waals surface area (Å²) in [5.74, 6) is 2.23. The molecule has 8 nitrogen and oxygen atoms in total. The normalized spacial score (nSPS) is 26.6. The highest BCUT2D eigenvalue weighted by Gasteiger charge is 2.42. The average Bonchev–Trinajstić information content (AvgIpc) is 3.72. The zero-order valence-corrected chi connectivity index (χ0v) is 23.9. The van der Waals surface area contributed by atoms with E-state index in [1.165, 1.54) is 6.42 Å². The molecule has 2 fully saturated rings. The van der Waals surface area contributed by atoms with Crippen LogP contribution < -0.4 is 18.9 Å². The number of rotatable bonds is 5. The van der Waals surface area contributed by atoms with Gasteiger partial charge in [0.05, 0.1) is 5.92 Å². The SMILES string of the molecule is O=C(/C=C/[C@H]1[C@H](c2ccc3c(c2)OCO3)[C@@H](C(=O)N2CCCCC2)C=C[C@H]1c1ccc2c(c1)OCO2)N1CCCCC1. The predicted octanol–water partition coefficient (Wildman–Crippen LogP) is 5.39. The van der Waals surface area contributed by atoms with E-state index < -0.39 is 0 Å². The van der Waals surface area contributed by atoms with E-state index in [1.54, 1.807) is 6.08 Å². The molecule has 42 heavy (non-hydrogen) atoms. The van der Waals surface area contributed by atoms with Crippen molar-refractivity contribution in [3.63, 3.8) is 0 Å². The van der Waals surface area contributed by atoms with Gasteiger partial charge in [-0.15, -0.1) is 0 Å². The maximum atomic E-state index is 14.2. The number of amides is 2. The van der Waals surface area contributed by atoms with Crippen molar-refractivity contribution in [2.75, 3.05) is 39.8 Å². The lowest BCUT2D eigenvalue weighted by Gasteiger charge is -2.41. The standard InChI is InChI=1S/C34H38N2O6/c37-32(35-15-3-1-4-16-35)14-11-26-25(23-7-12-28-30(19-23)41-21-39-28)9-10-27(34(38)36-17-5-2-6-18-36)33(26)24-8-13-29-31(20-24)42-22-40-29/h7-14,19-20,25-27,33H,1-6,15-18,21-22H2/b14-11+/t25-,26+,27-,33-/m0/s1. The smallest absolute Gasteiger partial charge is 0.246 e. The summed E-state index contributed by atoms with van der Waals surface area (Å²) in [6.45, 7) is 3.56. The zero-order chi connectivity index (χ0) is 28.5. The van der Waals surface area contributed by atoms with Crippen molar-refractivity contribution < 1.29 is 28.5 Å². The maximum absolute atomic E-state index is 14.2. The Morgan fingerprint density at radius 2 is 1.24 bits per heavy atom. The van der Waals surface area contributed by atoms with Gasteiger partial charge in [0.2, 0.25) is 25.4 Å². The van der Waals surface area contributed by atoms with Crippen LogP contribution in [0.15, 0.2) is 60.7 Å². The van der Waals surface area contributed by atoms with Crippen molar-refractivity contribution in [1.82, 2.24) is 9.80 Å². The topological polar surface area (TPSA) is 77.5 Å². The molecular weight excluding hydrogens is 532 g/mol. The average molecular weight is 571 g/mol. The van der Waals surface area contributed by atoms with E-state index in [0.29, 0.717) is 11.5 Å². The van der Waals surface area contributed by atoms with Gasteiger partial charge in [-0.05, 0) is 85.9 Å². The second kappa shape index (κ2) is 11.7. The van der Waals surface area contributed by atoms with Gasteiger partial charge < -0.3 is 28.7 Å². The molecule has 0 unspecified atom stereocenters. The first-order chi connectivity index (χ1) is 20.7. The summed E-state index contributed by atoms with van der Waals surface area (Å²) < 4.78 is 22.7. The summed E-state index contributed by atoms with van der Waals surface area (Å²) in [6.07, 6.45) is 14.5. The van der Waals surface area contributed by atoms with Crippen LogP contribution in [0.1, 0.15) is 61.5 Å². The van der Waals surface area contributed by atoms with Crippen LogP contribution in [0.5, 0.6) is 23.0 Å². The van der Waals surface area contributed by atoms with Gasteiger partial charge in [0.25, 0.3) is 0 Å². The lowest BCUT2D eigenvalue weighted by atomic mass is 9.65. The van der Waals surface area contributed by atoms with Gasteiger partial charge in [-0.1, -0.05) is 30.4 Å². The molecule has 220 valence electrons. The second-order valence-electron chi connectivity index (χ2n) is 11.9. The predicted molar refractivity (Wildman–Crippen MR) is 157 cm³/mol. The molecule has 0 N–H and O–H groups in total. The molecule has 4 aliphatic heterocycles. The molecule has 0 radical (unpaired) electrons. The molecule has 2 amide bonds. The van der Waals surface area contributed by atoms with E-state index >= 15 is 0 Å². The highest BCUT2D eigenvalue weighted by atomic mass is 16.7. The van der Waals surface area contributed by atoms with Crippen LogP contribution in [-0.4, -0.2) is 61.4 Å². The number of fused-ring (bicyclic) bond motifs is 2. The van der Waals surface area contributed by atoms with E-state index in [4.69, 9.17) is 18.9 Å². The summed E-state index contributed by atoms with van der Waals surface area (Å²) in [7, 11) is 0. The Labute approximate surface area is 246 Å². The Balaban J connectivity index is 1.31. The fourth-order valence-corrected chi connectivity index (χ4v) is 7.17. The minimum absolute atomic E-state index is 0.0389. The third kappa shape index (κ3) is 5.23. The van der Waals surface area contributed by atoms with Gasteiger partial charge in [-0.2, -0.15) is 0 Å². The van der Waals surface area contributed by atoms with Crippen molar-refractivity contribution >= 4 is 11.8 Å². The molecule has 2 aromatic carbocycles. The van der Waals surface area contributed by atoms with Crippen LogP contribution in [0.2, 0.25) is 0 Å². The monoisotopic (exact) mass is 570 g/mol. The Bertz CT molecular complexity index is 1390. The van der Waals surface area contributed by atoms with Gasteiger partial charge in [0, 0.05) is 38.0 Å². The van der Waals surface area contributed by atoms with Crippen molar-refractivity contribution in [2.45, 2.75) is 50.4 Å². The van der Waals surface area contributed by atoms with Gasteiger partial charge >= 0.3 is 0 Å². The van der Waals surface area contributed by atoms with Gasteiger partial charge in [0.1, 0.15) is 0 Å². The first kappa shape index (κ1) is 26.9. The number of carbonyl (C=O) groups excluding carboxylic acids is 2. The quantitative estimate of drug-likeness (QED) is 0.354. The van der Waals surface area contributed by atoms with Gasteiger partial charge in [-0.25, -0.2) is 0 Å². The fourth-order valence-electron chi connectivity index (χ4n) is 7.17. The third-order valence-electron chi connectivity index (χ3n) is 9.39. The molecule has 2 saturated heterocycles. The van der Waals surface area contributed by atoms with Crippen LogP contribution in [-0.2, 0) is 9.59 Å². The number of hydrogen-bond donors (Lipinski definition) is 0. The summed E-state index contributed by atoms with van der Waals surface area (Å²) in [5.41, 5.74) is 2.06. The number of ether oxygens (including phenoxy) is 4. The van der Waals surface area contributed by atoms with E-state index in [1.807, 2.05) is 34.1 Å². The lowest BCUT2D eigenvalue weighted by Crippen LogP contribution is -2.43. The van der Waals surface area contributed by atoms with Crippen LogP contribution in [0, 0.1) is 11.8 Å². The summed E-state index contributed by atoms with van der Waals surface area (Å²) >= 11 is 0. The molecule has 0 saturated carbocycles. The number of nitrogens with zero attached hydrogens (tertiary/aromatic N) is 2. The Morgan fingerprint density at radius 3 is 1.90 bits per heavy atom. The molecule has 2 aromatic rings. The maximum Gasteiger partial charge on any atom is 0.246 e. The molecule has 0 aromatic heterocycles. The van der Waals surface area contributed by atoms with Crippen LogP contribution in [0.25, 0.3) is 0 Å². The third-order valence-corrected chi connectivity index (χ3v) is 9.39. The molecule has 5 aliphatic rings. The molecule has 7 rings (SSSR count). The summed E-state index contributed by atoms with van der Waals surface area (Å²) in [6, 6.07) is 12.1. The summed E-state index contributed by atoms with van der Waals surface area (Å²) in [5, 5.41) is 0. The molecule has 1 aliphatic carbocycles. The molecule has 4 heterocycles. The molecular formula is C34H38N2O6. The molecule has 0 spiro atoms. The molecule has 8 heteroatoms. The molecule has 0 bridgehead atoms. The van der Waals surface area contributed by atoms with Crippen molar-refractivity contribution in [3.05, 3.63) is 71.8 Å². The first-order valence-electron chi connectivity index (χ1n) is 15.4. The fraction of sp³-hybridized carbons (Fsp3) is 0.471. The zero-order valence-electron chi connectivity index (χ0n) is 23.9. The number of likely N-dealkylation sites (tertiary alicyclic amines) is 2. The van der Waals surface area contributed by atoms with Gasteiger partial charge in [0.15, 0.2) is 23.0 Å². The van der Waals surface area contributed by atoms with Crippen molar-refractivity contribution in [3.8, 4) is 23.0 Å². The summed E-state index contributed by atoms with van der Waals surface area (Å²) in [4.78, 5) is 31.5. The highest BCUT2D eigenvalue weighted by molar-refractivity contribution is 5.88. The minimum Gasteiger partial charge on any atom is -0.454 e. The number of hydrogen-bond acceptors (Lipinski definition) is 6. The highest BCUT2D eigenvalue weighted by Crippen LogP contribution is 2.50. The molecule has 4 atom stereocenters. The largest absolute Gasteiger partial charge is 0.454 e. The second-order valence-corrected chi connectivity index (χ2v) is 11.9.